The third kappa shape index (κ3) is 83.6. The molecule has 0 aromatic rings. The number of nitrogens with zero attached hydrogens (tertiary/aromatic N) is 1. The highest BCUT2D eigenvalue weighted by Crippen LogP contribution is 2.43. The van der Waals surface area contributed by atoms with Crippen molar-refractivity contribution in [3.8, 4) is 0 Å². The second kappa shape index (κ2) is 79.8. The van der Waals surface area contributed by atoms with Crippen LogP contribution in [0.2, 0.25) is 0 Å². The summed E-state index contributed by atoms with van der Waals surface area (Å²) in [4.78, 5) is 36.0. The second-order valence-corrected chi connectivity index (χ2v) is 31.3. The Hall–Kier alpha value is -3.33. The monoisotopic (exact) mass is 1420 g/mol. The van der Waals surface area contributed by atoms with Crippen LogP contribution < -0.4 is 0 Å². The quantitative estimate of drug-likeness (QED) is 0.0211. The maximum Gasteiger partial charge on any atom is 0.472 e. The van der Waals surface area contributed by atoms with E-state index in [0.717, 1.165) is 103 Å². The van der Waals surface area contributed by atoms with Crippen molar-refractivity contribution in [2.45, 2.75) is 405 Å². The summed E-state index contributed by atoms with van der Waals surface area (Å²) in [5.41, 5.74) is 0. The van der Waals surface area contributed by atoms with E-state index in [2.05, 4.69) is 123 Å². The second-order valence-electron chi connectivity index (χ2n) is 29.8. The van der Waals surface area contributed by atoms with Crippen LogP contribution in [0.4, 0.5) is 0 Å². The molecular formula is C90H163NO8P+. The van der Waals surface area contributed by atoms with E-state index in [4.69, 9.17) is 18.5 Å². The van der Waals surface area contributed by atoms with Gasteiger partial charge in [0, 0.05) is 12.8 Å². The number of ether oxygens (including phenoxy) is 2. The van der Waals surface area contributed by atoms with Crippen molar-refractivity contribution >= 4 is 19.8 Å². The summed E-state index contributed by atoms with van der Waals surface area (Å²) in [6.07, 6.45) is 114. The zero-order valence-corrected chi connectivity index (χ0v) is 67.3. The number of hydrogen-bond donors (Lipinski definition) is 1. The van der Waals surface area contributed by atoms with E-state index in [9.17, 15) is 19.0 Å². The highest BCUT2D eigenvalue weighted by molar-refractivity contribution is 7.47. The Labute approximate surface area is 620 Å². The first-order valence-corrected chi connectivity index (χ1v) is 44.1. The molecule has 580 valence electrons. The standard InChI is InChI=1S/C90H162NO8P/c1-6-8-10-12-14-16-18-20-22-24-26-28-30-32-34-36-38-40-42-43-44-45-46-47-49-50-52-54-56-58-60-62-64-66-68-70-72-74-76-78-80-82-89(92)96-86-88(87-98-100(94,95)97-85-84-91(3,4)5)99-90(93)83-81-79-77-75-73-71-69-67-65-63-61-59-57-55-53-51-48-41-39-37-35-33-31-29-27-25-23-21-19-17-15-13-11-9-7-2/h9,11,15,17,21,23,27,29,33,35,39,41,51,53,57,59,63,65,88H,6-8,10,12-14,16,18-20,22,24-26,28,30-32,34,36-38,40,42-50,52,54-56,58,60-62,64,66-87H2,1-5H3/p+1/b11-9-,17-15-,23-21-,29-27-,35-33-,41-39-,53-51-,59-57-,65-63-. The molecule has 0 aliphatic rings. The lowest BCUT2D eigenvalue weighted by Crippen LogP contribution is -2.37. The summed E-state index contributed by atoms with van der Waals surface area (Å²) in [7, 11) is 1.47. The minimum absolute atomic E-state index is 0.0260. The molecule has 9 nitrogen and oxygen atoms in total. The fourth-order valence-electron chi connectivity index (χ4n) is 12.4. The minimum Gasteiger partial charge on any atom is -0.462 e. The number of allylic oxidation sites excluding steroid dienone is 18. The molecule has 0 bridgehead atoms. The van der Waals surface area contributed by atoms with Gasteiger partial charge in [-0.25, -0.2) is 4.57 Å². The van der Waals surface area contributed by atoms with E-state index in [1.54, 1.807) is 0 Å². The maximum atomic E-state index is 12.9. The van der Waals surface area contributed by atoms with Crippen molar-refractivity contribution in [2.75, 3.05) is 47.5 Å². The highest BCUT2D eigenvalue weighted by atomic mass is 31.2. The number of esters is 2. The van der Waals surface area contributed by atoms with Gasteiger partial charge in [-0.3, -0.25) is 18.6 Å². The number of carbonyl (C=O) groups is 2. The zero-order valence-electron chi connectivity index (χ0n) is 66.4. The molecule has 0 heterocycles. The van der Waals surface area contributed by atoms with E-state index < -0.39 is 26.5 Å². The van der Waals surface area contributed by atoms with Gasteiger partial charge in [-0.15, -0.1) is 0 Å². The Kier molecular flexibility index (Phi) is 77.1. The molecule has 0 fully saturated rings. The van der Waals surface area contributed by atoms with Crippen LogP contribution in [-0.2, 0) is 32.7 Å². The van der Waals surface area contributed by atoms with Gasteiger partial charge in [0.2, 0.25) is 0 Å². The van der Waals surface area contributed by atoms with E-state index >= 15 is 0 Å². The number of phosphoric ester groups is 1. The molecule has 10 heteroatoms. The average Bonchev–Trinajstić information content (AvgIpc) is 1.65. The van der Waals surface area contributed by atoms with Crippen molar-refractivity contribution in [3.63, 3.8) is 0 Å². The number of hydrogen-bond acceptors (Lipinski definition) is 7. The van der Waals surface area contributed by atoms with Crippen LogP contribution in [0.15, 0.2) is 109 Å². The number of unbranched alkanes of at least 4 members (excludes halogenated alkanes) is 47. The summed E-state index contributed by atoms with van der Waals surface area (Å²) in [5.74, 6) is -0.800. The van der Waals surface area contributed by atoms with Gasteiger partial charge in [0.1, 0.15) is 19.8 Å². The molecule has 2 unspecified atom stereocenters. The van der Waals surface area contributed by atoms with Crippen molar-refractivity contribution < 1.29 is 42.1 Å². The van der Waals surface area contributed by atoms with Crippen LogP contribution in [0, 0.1) is 0 Å². The topological polar surface area (TPSA) is 108 Å². The number of quaternary nitrogens is 1. The van der Waals surface area contributed by atoms with Crippen molar-refractivity contribution in [2.24, 2.45) is 0 Å². The van der Waals surface area contributed by atoms with Crippen molar-refractivity contribution in [1.29, 1.82) is 0 Å². The van der Waals surface area contributed by atoms with Gasteiger partial charge in [-0.1, -0.05) is 412 Å². The van der Waals surface area contributed by atoms with E-state index in [1.165, 1.54) is 263 Å². The lowest BCUT2D eigenvalue weighted by molar-refractivity contribution is -0.870. The van der Waals surface area contributed by atoms with E-state index in [-0.39, 0.29) is 32.0 Å². The first-order valence-electron chi connectivity index (χ1n) is 42.6. The molecule has 0 radical (unpaired) electrons. The summed E-state index contributed by atoms with van der Waals surface area (Å²) in [6, 6.07) is 0. The largest absolute Gasteiger partial charge is 0.472 e. The predicted octanol–water partition coefficient (Wildman–Crippen LogP) is 28.7. The molecule has 0 aromatic heterocycles. The average molecular weight is 1420 g/mol. The third-order valence-electron chi connectivity index (χ3n) is 18.8. The Morgan fingerprint density at radius 2 is 0.570 bits per heavy atom. The van der Waals surface area contributed by atoms with Gasteiger partial charge in [0.15, 0.2) is 6.10 Å². The number of rotatable bonds is 79. The summed E-state index contributed by atoms with van der Waals surface area (Å²) in [5, 5.41) is 0. The SMILES string of the molecule is CC/C=C\C/C=C\C/C=C\C/C=C\C/C=C\C/C=C\C/C=C\C/C=C\C/C=C\CCCCCCCCCC(=O)OC(COC(=O)CCCCCCCCCCCCCCCCCCCCCCCCCCCCCCCCCCCCCCCCCCC)COP(=O)(O)OCC[N+](C)(C)C. The summed E-state index contributed by atoms with van der Waals surface area (Å²) >= 11 is 0. The molecule has 0 aromatic carbocycles. The lowest BCUT2D eigenvalue weighted by atomic mass is 10.0. The van der Waals surface area contributed by atoms with Crippen molar-refractivity contribution in [1.82, 2.24) is 0 Å². The van der Waals surface area contributed by atoms with Crippen LogP contribution in [0.1, 0.15) is 399 Å². The Balaban J connectivity index is 3.94. The van der Waals surface area contributed by atoms with Crippen LogP contribution >= 0.6 is 7.82 Å². The van der Waals surface area contributed by atoms with Gasteiger partial charge in [-0.05, 0) is 83.5 Å². The van der Waals surface area contributed by atoms with Crippen LogP contribution in [0.5, 0.6) is 0 Å². The molecule has 0 amide bonds. The predicted molar refractivity (Wildman–Crippen MR) is 436 cm³/mol. The lowest BCUT2D eigenvalue weighted by Gasteiger charge is -2.24. The fraction of sp³-hybridized carbons (Fsp3) is 0.778. The molecule has 0 saturated carbocycles. The van der Waals surface area contributed by atoms with Gasteiger partial charge < -0.3 is 18.9 Å². The zero-order chi connectivity index (χ0) is 72.5. The van der Waals surface area contributed by atoms with Crippen LogP contribution in [0.3, 0.4) is 0 Å². The number of phosphoric acid groups is 1. The first kappa shape index (κ1) is 96.7. The Bertz CT molecular complexity index is 2060. The van der Waals surface area contributed by atoms with Crippen LogP contribution in [0.25, 0.3) is 0 Å². The smallest absolute Gasteiger partial charge is 0.462 e. The molecule has 0 aliphatic carbocycles. The normalized spacial score (nSPS) is 13.5. The number of carbonyl (C=O) groups excluding carboxylic acids is 2. The van der Waals surface area contributed by atoms with E-state index in [1.807, 2.05) is 21.1 Å². The summed E-state index contributed by atoms with van der Waals surface area (Å²) in [6.45, 7) is 4.35. The van der Waals surface area contributed by atoms with E-state index in [0.29, 0.717) is 17.4 Å². The molecule has 0 saturated heterocycles. The molecule has 100 heavy (non-hydrogen) atoms. The molecule has 0 spiro atoms. The highest BCUT2D eigenvalue weighted by Gasteiger charge is 2.27. The fourth-order valence-corrected chi connectivity index (χ4v) is 13.1. The Morgan fingerprint density at radius 1 is 0.320 bits per heavy atom. The van der Waals surface area contributed by atoms with Gasteiger partial charge in [0.25, 0.3) is 0 Å². The van der Waals surface area contributed by atoms with Gasteiger partial charge >= 0.3 is 19.8 Å². The molecule has 0 rings (SSSR count). The minimum atomic E-state index is -4.41. The molecule has 1 N–H and O–H groups in total. The number of likely N-dealkylation sites (N-methyl/N-ethyl adjacent to an activating group) is 1. The van der Waals surface area contributed by atoms with Gasteiger partial charge in [0.05, 0.1) is 27.7 Å². The first-order chi connectivity index (χ1) is 49.0. The van der Waals surface area contributed by atoms with Gasteiger partial charge in [-0.2, -0.15) is 0 Å². The summed E-state index contributed by atoms with van der Waals surface area (Å²) < 4.78 is 34.8. The maximum absolute atomic E-state index is 12.9. The molecule has 2 atom stereocenters. The Morgan fingerprint density at radius 3 is 0.850 bits per heavy atom. The van der Waals surface area contributed by atoms with Crippen LogP contribution in [-0.4, -0.2) is 74.9 Å². The third-order valence-corrected chi connectivity index (χ3v) is 19.8. The van der Waals surface area contributed by atoms with Crippen molar-refractivity contribution in [3.05, 3.63) is 109 Å². The molecular weight excluding hydrogens is 1250 g/mol. The molecule has 0 aliphatic heterocycles.